The van der Waals surface area contributed by atoms with Crippen LogP contribution in [0.15, 0.2) is 6.07 Å². The van der Waals surface area contributed by atoms with Gasteiger partial charge in [-0.05, 0) is 13.0 Å². The summed E-state index contributed by atoms with van der Waals surface area (Å²) >= 11 is 1.34. The molecular formula is C7H9N5S. The molecule has 2 aromatic rings. The van der Waals surface area contributed by atoms with Crippen molar-refractivity contribution in [2.45, 2.75) is 6.92 Å². The summed E-state index contributed by atoms with van der Waals surface area (Å²) in [5.74, 6) is 0. The molecule has 0 saturated carbocycles. The van der Waals surface area contributed by atoms with Crippen molar-refractivity contribution in [3.63, 3.8) is 0 Å². The lowest BCUT2D eigenvalue weighted by atomic mass is 10.4. The van der Waals surface area contributed by atoms with Gasteiger partial charge in [-0.25, -0.2) is 0 Å². The average molecular weight is 195 g/mol. The Kier molecular flexibility index (Phi) is 1.77. The van der Waals surface area contributed by atoms with Gasteiger partial charge in [-0.3, -0.25) is 4.68 Å². The standard InChI is InChI=1S/C7H9N5S/c1-4-3-5(11-12(4)2)6-9-10-7(8)13-6/h3H,1-2H3,(H2,8,10). The molecule has 2 heterocycles. The molecule has 2 aromatic heterocycles. The summed E-state index contributed by atoms with van der Waals surface area (Å²) in [5, 5.41) is 13.1. The monoisotopic (exact) mass is 195 g/mol. The van der Waals surface area contributed by atoms with Crippen LogP contribution in [-0.4, -0.2) is 20.0 Å². The molecule has 0 unspecified atom stereocenters. The van der Waals surface area contributed by atoms with E-state index in [0.717, 1.165) is 16.4 Å². The lowest BCUT2D eigenvalue weighted by Gasteiger charge is -1.88. The Morgan fingerprint density at radius 2 is 2.23 bits per heavy atom. The van der Waals surface area contributed by atoms with E-state index in [4.69, 9.17) is 5.73 Å². The highest BCUT2D eigenvalue weighted by Crippen LogP contribution is 2.23. The lowest BCUT2D eigenvalue weighted by Crippen LogP contribution is -1.92. The Balaban J connectivity index is 2.46. The van der Waals surface area contributed by atoms with Gasteiger partial charge in [0.25, 0.3) is 0 Å². The molecule has 2 rings (SSSR count). The van der Waals surface area contributed by atoms with Crippen LogP contribution < -0.4 is 5.73 Å². The first-order valence-corrected chi connectivity index (χ1v) is 4.58. The molecule has 2 N–H and O–H groups in total. The number of nitrogen functional groups attached to an aromatic ring is 1. The fourth-order valence-corrected chi connectivity index (χ4v) is 1.57. The second-order valence-electron chi connectivity index (χ2n) is 2.74. The van der Waals surface area contributed by atoms with Crippen LogP contribution in [0.25, 0.3) is 10.7 Å². The second kappa shape index (κ2) is 2.81. The van der Waals surface area contributed by atoms with Crippen molar-refractivity contribution in [2.75, 3.05) is 5.73 Å². The maximum Gasteiger partial charge on any atom is 0.203 e. The molecular weight excluding hydrogens is 186 g/mol. The number of aromatic nitrogens is 4. The van der Waals surface area contributed by atoms with Crippen molar-refractivity contribution in [1.29, 1.82) is 0 Å². The van der Waals surface area contributed by atoms with Crippen molar-refractivity contribution in [1.82, 2.24) is 20.0 Å². The summed E-state index contributed by atoms with van der Waals surface area (Å²) in [4.78, 5) is 0. The van der Waals surface area contributed by atoms with E-state index in [2.05, 4.69) is 15.3 Å². The zero-order valence-corrected chi connectivity index (χ0v) is 8.17. The largest absolute Gasteiger partial charge is 0.374 e. The van der Waals surface area contributed by atoms with Gasteiger partial charge in [0.15, 0.2) is 5.01 Å². The minimum atomic E-state index is 0.471. The molecule has 0 aromatic carbocycles. The fraction of sp³-hybridized carbons (Fsp3) is 0.286. The molecule has 0 fully saturated rings. The number of hydrogen-bond acceptors (Lipinski definition) is 5. The quantitative estimate of drug-likeness (QED) is 0.731. The number of rotatable bonds is 1. The molecule has 0 atom stereocenters. The topological polar surface area (TPSA) is 69.6 Å². The molecule has 0 spiro atoms. The highest BCUT2D eigenvalue weighted by Gasteiger charge is 2.08. The van der Waals surface area contributed by atoms with E-state index >= 15 is 0 Å². The van der Waals surface area contributed by atoms with E-state index < -0.39 is 0 Å². The van der Waals surface area contributed by atoms with Gasteiger partial charge in [0.2, 0.25) is 5.13 Å². The second-order valence-corrected chi connectivity index (χ2v) is 3.75. The van der Waals surface area contributed by atoms with Gasteiger partial charge in [-0.2, -0.15) is 5.10 Å². The van der Waals surface area contributed by atoms with Gasteiger partial charge in [0.05, 0.1) is 0 Å². The van der Waals surface area contributed by atoms with Crippen LogP contribution in [0.1, 0.15) is 5.69 Å². The highest BCUT2D eigenvalue weighted by molar-refractivity contribution is 7.18. The number of hydrogen-bond donors (Lipinski definition) is 1. The number of aryl methyl sites for hydroxylation is 2. The lowest BCUT2D eigenvalue weighted by molar-refractivity contribution is 0.742. The number of anilines is 1. The molecule has 6 heteroatoms. The van der Waals surface area contributed by atoms with Crippen LogP contribution >= 0.6 is 11.3 Å². The van der Waals surface area contributed by atoms with Gasteiger partial charge >= 0.3 is 0 Å². The molecule has 0 radical (unpaired) electrons. The third kappa shape index (κ3) is 1.40. The van der Waals surface area contributed by atoms with E-state index in [9.17, 15) is 0 Å². The molecule has 0 saturated heterocycles. The molecule has 68 valence electrons. The Hall–Kier alpha value is -1.43. The number of nitrogens with zero attached hydrogens (tertiary/aromatic N) is 4. The summed E-state index contributed by atoms with van der Waals surface area (Å²) in [6, 6.07) is 1.96. The summed E-state index contributed by atoms with van der Waals surface area (Å²) in [6.45, 7) is 1.99. The van der Waals surface area contributed by atoms with Gasteiger partial charge in [-0.1, -0.05) is 11.3 Å². The summed E-state index contributed by atoms with van der Waals surface area (Å²) < 4.78 is 1.80. The average Bonchev–Trinajstić information content (AvgIpc) is 2.61. The predicted octanol–water partition coefficient (Wildman–Crippen LogP) is 0.829. The van der Waals surface area contributed by atoms with Crippen LogP contribution in [0.5, 0.6) is 0 Å². The third-order valence-electron chi connectivity index (χ3n) is 1.77. The van der Waals surface area contributed by atoms with Crippen molar-refractivity contribution in [2.24, 2.45) is 7.05 Å². The van der Waals surface area contributed by atoms with Crippen molar-refractivity contribution in [3.8, 4) is 10.7 Å². The Labute approximate surface area is 79.2 Å². The zero-order valence-electron chi connectivity index (χ0n) is 7.35. The van der Waals surface area contributed by atoms with Crippen LogP contribution in [0.3, 0.4) is 0 Å². The first-order chi connectivity index (χ1) is 6.16. The third-order valence-corrected chi connectivity index (χ3v) is 2.55. The van der Waals surface area contributed by atoms with Crippen molar-refractivity contribution < 1.29 is 0 Å². The Morgan fingerprint density at radius 1 is 1.46 bits per heavy atom. The van der Waals surface area contributed by atoms with E-state index in [1.807, 2.05) is 20.0 Å². The van der Waals surface area contributed by atoms with Gasteiger partial charge < -0.3 is 5.73 Å². The highest BCUT2D eigenvalue weighted by atomic mass is 32.1. The van der Waals surface area contributed by atoms with Gasteiger partial charge in [0.1, 0.15) is 5.69 Å². The Morgan fingerprint density at radius 3 is 2.69 bits per heavy atom. The first-order valence-electron chi connectivity index (χ1n) is 3.77. The zero-order chi connectivity index (χ0) is 9.42. The molecule has 0 bridgehead atoms. The maximum absolute atomic E-state index is 5.47. The van der Waals surface area contributed by atoms with Gasteiger partial charge in [-0.15, -0.1) is 10.2 Å². The van der Waals surface area contributed by atoms with Crippen molar-refractivity contribution >= 4 is 16.5 Å². The van der Waals surface area contributed by atoms with E-state index in [0.29, 0.717) is 5.13 Å². The minimum absolute atomic E-state index is 0.471. The van der Waals surface area contributed by atoms with Crippen LogP contribution in [0.4, 0.5) is 5.13 Å². The first kappa shape index (κ1) is 8.18. The van der Waals surface area contributed by atoms with E-state index in [1.54, 1.807) is 4.68 Å². The maximum atomic E-state index is 5.47. The summed E-state index contributed by atoms with van der Waals surface area (Å²) in [6.07, 6.45) is 0. The molecule has 0 amide bonds. The van der Waals surface area contributed by atoms with E-state index in [-0.39, 0.29) is 0 Å². The molecule has 0 aliphatic carbocycles. The fourth-order valence-electron chi connectivity index (χ4n) is 1.00. The van der Waals surface area contributed by atoms with Crippen LogP contribution in [-0.2, 0) is 7.05 Å². The van der Waals surface area contributed by atoms with Gasteiger partial charge in [0, 0.05) is 12.7 Å². The SMILES string of the molecule is Cc1cc(-c2nnc(N)s2)nn1C. The Bertz CT molecular complexity index is 410. The van der Waals surface area contributed by atoms with Crippen molar-refractivity contribution in [3.05, 3.63) is 11.8 Å². The minimum Gasteiger partial charge on any atom is -0.374 e. The molecule has 5 nitrogen and oxygen atoms in total. The molecule has 0 aliphatic rings. The predicted molar refractivity (Wildman–Crippen MR) is 51.3 cm³/mol. The van der Waals surface area contributed by atoms with E-state index in [1.165, 1.54) is 11.3 Å². The molecule has 0 aliphatic heterocycles. The smallest absolute Gasteiger partial charge is 0.203 e. The normalized spacial score (nSPS) is 10.6. The van der Waals surface area contributed by atoms with Crippen LogP contribution in [0, 0.1) is 6.92 Å². The summed E-state index contributed by atoms with van der Waals surface area (Å²) in [7, 11) is 1.89. The van der Waals surface area contributed by atoms with Crippen LogP contribution in [0.2, 0.25) is 0 Å². The molecule has 13 heavy (non-hydrogen) atoms. The number of nitrogens with two attached hydrogens (primary N) is 1. The summed E-state index contributed by atoms with van der Waals surface area (Å²) in [5.41, 5.74) is 7.39.